The first kappa shape index (κ1) is 29.6. The molecule has 0 bridgehead atoms. The Bertz CT molecular complexity index is 1230. The summed E-state index contributed by atoms with van der Waals surface area (Å²) in [6.07, 6.45) is -4.18. The Balaban J connectivity index is 1.80. The summed E-state index contributed by atoms with van der Waals surface area (Å²) in [5.74, 6) is -3.78. The molecule has 14 nitrogen and oxygen atoms in total. The number of thioether (sulfide) groups is 1. The van der Waals surface area contributed by atoms with Crippen molar-refractivity contribution in [1.82, 2.24) is 10.2 Å². The zero-order chi connectivity index (χ0) is 29.0. The predicted molar refractivity (Wildman–Crippen MR) is 134 cm³/mol. The Hall–Kier alpha value is -3.95. The zero-order valence-corrected chi connectivity index (χ0v) is 22.1. The van der Waals surface area contributed by atoms with Crippen molar-refractivity contribution in [3.8, 4) is 0 Å². The maximum absolute atomic E-state index is 13.1. The van der Waals surface area contributed by atoms with Gasteiger partial charge < -0.3 is 36.1 Å². The van der Waals surface area contributed by atoms with Crippen LogP contribution in [-0.4, -0.2) is 81.7 Å². The van der Waals surface area contributed by atoms with Gasteiger partial charge in [-0.25, -0.2) is 9.59 Å². The van der Waals surface area contributed by atoms with Crippen LogP contribution in [0, 0.1) is 0 Å². The second-order valence-electron chi connectivity index (χ2n) is 8.68. The highest BCUT2D eigenvalue weighted by Gasteiger charge is 2.55. The summed E-state index contributed by atoms with van der Waals surface area (Å²) in [5.41, 5.74) is 10.7. The molecular weight excluding hydrogens is 536 g/mol. The minimum atomic E-state index is -1.79. The monoisotopic (exact) mass is 564 g/mol. The van der Waals surface area contributed by atoms with Crippen molar-refractivity contribution in [3.05, 3.63) is 46.7 Å². The van der Waals surface area contributed by atoms with Crippen molar-refractivity contribution < 1.29 is 48.1 Å². The van der Waals surface area contributed by atoms with E-state index < -0.39 is 72.1 Å². The van der Waals surface area contributed by atoms with Crippen LogP contribution in [0.4, 0.5) is 4.79 Å². The van der Waals surface area contributed by atoms with Crippen LogP contribution in [0.25, 0.3) is 0 Å². The number of nitrogens with zero attached hydrogens (tertiary/aromatic N) is 1. The molecule has 2 aliphatic heterocycles. The molecule has 0 radical (unpaired) electrons. The van der Waals surface area contributed by atoms with Gasteiger partial charge in [0.1, 0.15) is 23.7 Å². The number of β-lactam (4-membered cyclic amide) rings is 1. The maximum Gasteiger partial charge on any atom is 0.404 e. The standard InChI is InChI=1S/C24H28N4O10S/c1-10(25)18(30)14-6-4-5-7-15(14)19(31)20(32)27-16-21(33)28-17(23(34)38-12(3)37-11(2)29)13(8-36-24(26)35)9-39-22(16)28/h4-7,10,12,16,19,22,31H,8-9,25H2,1-3H3,(H2,26,35)(H,27,32)/t10-,12?,16?,19?,22-/m0/s1. The number of benzene rings is 1. The van der Waals surface area contributed by atoms with Gasteiger partial charge in [-0.1, -0.05) is 24.3 Å². The summed E-state index contributed by atoms with van der Waals surface area (Å²) in [6.45, 7) is 3.48. The van der Waals surface area contributed by atoms with Gasteiger partial charge in [0, 0.05) is 36.3 Å². The number of rotatable bonds is 10. The molecule has 3 rings (SSSR count). The molecule has 39 heavy (non-hydrogen) atoms. The summed E-state index contributed by atoms with van der Waals surface area (Å²) in [6, 6.07) is 3.91. The number of hydrogen-bond donors (Lipinski definition) is 4. The van der Waals surface area contributed by atoms with Crippen molar-refractivity contribution >= 4 is 47.4 Å². The van der Waals surface area contributed by atoms with E-state index in [4.69, 9.17) is 25.7 Å². The molecule has 0 aromatic heterocycles. The van der Waals surface area contributed by atoms with Gasteiger partial charge in [-0.05, 0) is 6.92 Å². The number of aliphatic hydroxyl groups excluding tert-OH is 1. The van der Waals surface area contributed by atoms with E-state index in [1.807, 2.05) is 0 Å². The Morgan fingerprint density at radius 2 is 1.85 bits per heavy atom. The summed E-state index contributed by atoms with van der Waals surface area (Å²) < 4.78 is 14.7. The predicted octanol–water partition coefficient (Wildman–Crippen LogP) is -0.548. The van der Waals surface area contributed by atoms with Crippen LogP contribution < -0.4 is 16.8 Å². The SMILES string of the molecule is CC(=O)OC(C)OC(=O)C1=C(COC(N)=O)CS[C@H]2C(NC(=O)C(O)c3ccccc3C(=O)[C@H](C)N)C(=O)N12. The largest absolute Gasteiger partial charge is 0.445 e. The molecule has 2 aliphatic rings. The molecule has 2 heterocycles. The van der Waals surface area contributed by atoms with Gasteiger partial charge in [0.2, 0.25) is 6.29 Å². The number of aliphatic hydroxyl groups is 1. The van der Waals surface area contributed by atoms with Crippen LogP contribution in [0.15, 0.2) is 35.5 Å². The van der Waals surface area contributed by atoms with E-state index in [0.29, 0.717) is 0 Å². The number of carbonyl (C=O) groups is 6. The number of carbonyl (C=O) groups excluding carboxylic acids is 6. The maximum atomic E-state index is 13.1. The Kier molecular flexibility index (Phi) is 9.32. The van der Waals surface area contributed by atoms with Crippen LogP contribution in [0.3, 0.4) is 0 Å². The lowest BCUT2D eigenvalue weighted by atomic mass is 9.95. The Morgan fingerprint density at radius 3 is 2.46 bits per heavy atom. The van der Waals surface area contributed by atoms with Gasteiger partial charge in [-0.2, -0.15) is 0 Å². The normalized spacial score (nSPS) is 20.5. The highest BCUT2D eigenvalue weighted by Crippen LogP contribution is 2.41. The van der Waals surface area contributed by atoms with Gasteiger partial charge in [-0.15, -0.1) is 11.8 Å². The van der Waals surface area contributed by atoms with Gasteiger partial charge in [0.25, 0.3) is 11.8 Å². The smallest absolute Gasteiger partial charge is 0.404 e. The summed E-state index contributed by atoms with van der Waals surface area (Å²) in [4.78, 5) is 74.7. The van der Waals surface area contributed by atoms with Crippen molar-refractivity contribution in [2.75, 3.05) is 12.4 Å². The molecule has 3 amide bonds. The van der Waals surface area contributed by atoms with E-state index in [0.717, 1.165) is 23.6 Å². The van der Waals surface area contributed by atoms with E-state index in [-0.39, 0.29) is 28.1 Å². The second kappa shape index (κ2) is 12.3. The highest BCUT2D eigenvalue weighted by atomic mass is 32.2. The number of nitrogens with one attached hydrogen (secondary N) is 1. The lowest BCUT2D eigenvalue weighted by molar-refractivity contribution is -0.182. The summed E-state index contributed by atoms with van der Waals surface area (Å²) in [7, 11) is 0. The molecule has 5 atom stereocenters. The third kappa shape index (κ3) is 6.55. The third-order valence-corrected chi connectivity index (χ3v) is 7.05. The van der Waals surface area contributed by atoms with Gasteiger partial charge in [-0.3, -0.25) is 24.1 Å². The second-order valence-corrected chi connectivity index (χ2v) is 9.79. The molecule has 1 aromatic rings. The highest BCUT2D eigenvalue weighted by molar-refractivity contribution is 8.00. The number of amides is 3. The fourth-order valence-electron chi connectivity index (χ4n) is 3.98. The number of Topliss-reactive ketones (excluding diaryl/α,β-unsaturated/α-hetero) is 1. The number of hydrogen-bond acceptors (Lipinski definition) is 12. The molecule has 3 unspecified atom stereocenters. The average Bonchev–Trinajstić information content (AvgIpc) is 2.88. The minimum absolute atomic E-state index is 0.0201. The molecule has 6 N–H and O–H groups in total. The van der Waals surface area contributed by atoms with Crippen molar-refractivity contribution in [2.45, 2.75) is 50.6 Å². The van der Waals surface area contributed by atoms with Crippen LogP contribution in [0.2, 0.25) is 0 Å². The first-order valence-corrected chi connectivity index (χ1v) is 12.7. The fraction of sp³-hybridized carbons (Fsp3) is 0.417. The molecule has 1 fully saturated rings. The van der Waals surface area contributed by atoms with E-state index in [1.54, 1.807) is 6.07 Å². The van der Waals surface area contributed by atoms with Gasteiger partial charge in [0.05, 0.1) is 6.04 Å². The Morgan fingerprint density at radius 1 is 1.18 bits per heavy atom. The topological polar surface area (TPSA) is 218 Å². The molecule has 0 aliphatic carbocycles. The molecule has 1 saturated heterocycles. The fourth-order valence-corrected chi connectivity index (χ4v) is 5.31. The van der Waals surface area contributed by atoms with Gasteiger partial charge >= 0.3 is 18.0 Å². The molecule has 0 spiro atoms. The lowest BCUT2D eigenvalue weighted by Crippen LogP contribution is -2.71. The van der Waals surface area contributed by atoms with E-state index in [9.17, 15) is 33.9 Å². The molecule has 1 aromatic carbocycles. The molecule has 0 saturated carbocycles. The minimum Gasteiger partial charge on any atom is -0.445 e. The van der Waals surface area contributed by atoms with Crippen molar-refractivity contribution in [1.29, 1.82) is 0 Å². The van der Waals surface area contributed by atoms with Crippen LogP contribution >= 0.6 is 11.8 Å². The first-order chi connectivity index (χ1) is 18.3. The zero-order valence-electron chi connectivity index (χ0n) is 21.2. The Labute approximate surface area is 227 Å². The third-order valence-electron chi connectivity index (χ3n) is 5.71. The summed E-state index contributed by atoms with van der Waals surface area (Å²) >= 11 is 1.15. The van der Waals surface area contributed by atoms with Crippen molar-refractivity contribution in [3.63, 3.8) is 0 Å². The first-order valence-electron chi connectivity index (χ1n) is 11.7. The average molecular weight is 565 g/mol. The van der Waals surface area contributed by atoms with Crippen LogP contribution in [-0.2, 0) is 33.4 Å². The summed E-state index contributed by atoms with van der Waals surface area (Å²) in [5, 5.41) is 12.4. The van der Waals surface area contributed by atoms with E-state index in [1.165, 1.54) is 32.0 Å². The lowest BCUT2D eigenvalue weighted by Gasteiger charge is -2.49. The van der Waals surface area contributed by atoms with Crippen molar-refractivity contribution in [2.24, 2.45) is 11.5 Å². The quantitative estimate of drug-likeness (QED) is 0.122. The molecule has 210 valence electrons. The number of primary amides is 1. The number of ether oxygens (including phenoxy) is 3. The molecular formula is C24H28N4O10S. The molecule has 15 heteroatoms. The van der Waals surface area contributed by atoms with Crippen LogP contribution in [0.5, 0.6) is 0 Å². The van der Waals surface area contributed by atoms with Crippen LogP contribution in [0.1, 0.15) is 42.8 Å². The number of esters is 2. The number of nitrogens with two attached hydrogens (primary N) is 2. The number of ketones is 1. The number of fused-ring (bicyclic) bond motifs is 1. The van der Waals surface area contributed by atoms with E-state index >= 15 is 0 Å². The van der Waals surface area contributed by atoms with Gasteiger partial charge in [0.15, 0.2) is 11.9 Å². The van der Waals surface area contributed by atoms with E-state index in [2.05, 4.69) is 5.32 Å².